The summed E-state index contributed by atoms with van der Waals surface area (Å²) >= 11 is 1.55. The van der Waals surface area contributed by atoms with Crippen LogP contribution in [0.1, 0.15) is 16.3 Å². The summed E-state index contributed by atoms with van der Waals surface area (Å²) in [6.45, 7) is 1.93. The van der Waals surface area contributed by atoms with Gasteiger partial charge < -0.3 is 0 Å². The first kappa shape index (κ1) is 16.3. The summed E-state index contributed by atoms with van der Waals surface area (Å²) in [4.78, 5) is 12.3. The van der Waals surface area contributed by atoms with Crippen LogP contribution in [0.4, 0.5) is 0 Å². The van der Waals surface area contributed by atoms with E-state index >= 15 is 0 Å². The third-order valence-corrected chi connectivity index (χ3v) is 4.80. The van der Waals surface area contributed by atoms with Crippen molar-refractivity contribution < 1.29 is 0 Å². The van der Waals surface area contributed by atoms with E-state index in [4.69, 9.17) is 0 Å². The highest BCUT2D eigenvalue weighted by atomic mass is 32.1. The molecule has 26 heavy (non-hydrogen) atoms. The number of rotatable bonds is 4. The number of hydrogen-bond donors (Lipinski definition) is 0. The van der Waals surface area contributed by atoms with Crippen molar-refractivity contribution in [3.63, 3.8) is 0 Å². The van der Waals surface area contributed by atoms with Crippen LogP contribution < -0.4 is 5.43 Å². The monoisotopic (exact) mass is 364 g/mol. The summed E-state index contributed by atoms with van der Waals surface area (Å²) in [6.07, 6.45) is 5.66. The fourth-order valence-electron chi connectivity index (χ4n) is 2.66. The quantitative estimate of drug-likeness (QED) is 0.556. The molecule has 0 N–H and O–H groups in total. The van der Waals surface area contributed by atoms with Gasteiger partial charge in [-0.3, -0.25) is 9.48 Å². The van der Waals surface area contributed by atoms with E-state index < -0.39 is 0 Å². The molecule has 0 aliphatic rings. The third-order valence-electron chi connectivity index (χ3n) is 3.91. The first-order chi connectivity index (χ1) is 12.6. The van der Waals surface area contributed by atoms with Gasteiger partial charge in [-0.15, -0.1) is 10.2 Å². The highest BCUT2D eigenvalue weighted by Gasteiger charge is 2.09. The van der Waals surface area contributed by atoms with Crippen molar-refractivity contribution in [2.45, 2.75) is 13.3 Å². The standard InChI is InChI=1S/C18H16N6OS/c1-12-20-21-18(26-12)14-5-3-4-13(8-14)9-16-17(25)6-7-24(22-16)15-10-19-23(2)11-15/h3-8,10-11H,9H2,1-2H3. The molecule has 130 valence electrons. The molecule has 7 nitrogen and oxygen atoms in total. The topological polar surface area (TPSA) is 78.5 Å². The zero-order valence-corrected chi connectivity index (χ0v) is 15.1. The van der Waals surface area contributed by atoms with Crippen LogP contribution in [0.2, 0.25) is 0 Å². The minimum Gasteiger partial charge on any atom is -0.288 e. The molecule has 0 atom stereocenters. The van der Waals surface area contributed by atoms with Crippen LogP contribution in [0.25, 0.3) is 16.3 Å². The zero-order valence-electron chi connectivity index (χ0n) is 14.3. The second-order valence-electron chi connectivity index (χ2n) is 5.95. The summed E-state index contributed by atoms with van der Waals surface area (Å²) < 4.78 is 3.37. The minimum absolute atomic E-state index is 0.0812. The number of benzene rings is 1. The molecule has 0 bridgehead atoms. The summed E-state index contributed by atoms with van der Waals surface area (Å²) in [6, 6.07) is 9.51. The molecule has 0 aliphatic heterocycles. The Kier molecular flexibility index (Phi) is 4.18. The van der Waals surface area contributed by atoms with Crippen LogP contribution in [-0.4, -0.2) is 29.8 Å². The van der Waals surface area contributed by atoms with E-state index in [0.717, 1.165) is 26.8 Å². The Morgan fingerprint density at radius 1 is 1.19 bits per heavy atom. The van der Waals surface area contributed by atoms with Gasteiger partial charge in [0.1, 0.15) is 21.4 Å². The molecule has 0 unspecified atom stereocenters. The number of aromatic nitrogens is 6. The second kappa shape index (κ2) is 6.64. The van der Waals surface area contributed by atoms with Gasteiger partial charge in [-0.25, -0.2) is 4.68 Å². The second-order valence-corrected chi connectivity index (χ2v) is 7.13. The van der Waals surface area contributed by atoms with Gasteiger partial charge >= 0.3 is 0 Å². The van der Waals surface area contributed by atoms with Gasteiger partial charge in [0.15, 0.2) is 0 Å². The van der Waals surface area contributed by atoms with Gasteiger partial charge in [-0.2, -0.15) is 10.2 Å². The van der Waals surface area contributed by atoms with E-state index in [2.05, 4.69) is 20.4 Å². The molecule has 4 aromatic rings. The molecule has 0 aliphatic carbocycles. The SMILES string of the molecule is Cc1nnc(-c2cccc(Cc3nn(-c4cnn(C)c4)ccc3=O)c2)s1. The van der Waals surface area contributed by atoms with Crippen molar-refractivity contribution in [3.8, 4) is 16.3 Å². The van der Waals surface area contributed by atoms with Gasteiger partial charge in [0, 0.05) is 31.3 Å². The van der Waals surface area contributed by atoms with E-state index in [1.165, 1.54) is 6.07 Å². The molecule has 0 fully saturated rings. The average Bonchev–Trinajstić information content (AvgIpc) is 3.26. The zero-order chi connectivity index (χ0) is 18.1. The van der Waals surface area contributed by atoms with E-state index in [9.17, 15) is 4.79 Å². The van der Waals surface area contributed by atoms with Crippen LogP contribution in [0.15, 0.2) is 53.7 Å². The summed E-state index contributed by atoms with van der Waals surface area (Å²) in [5.41, 5.74) is 3.22. The lowest BCUT2D eigenvalue weighted by atomic mass is 10.1. The largest absolute Gasteiger partial charge is 0.288 e. The van der Waals surface area contributed by atoms with Gasteiger partial charge in [0.2, 0.25) is 5.43 Å². The molecule has 8 heteroatoms. The molecule has 0 radical (unpaired) electrons. The van der Waals surface area contributed by atoms with Crippen LogP contribution >= 0.6 is 11.3 Å². The Morgan fingerprint density at radius 3 is 2.81 bits per heavy atom. The Balaban J connectivity index is 1.66. The fraction of sp³-hybridized carbons (Fsp3) is 0.167. The van der Waals surface area contributed by atoms with Crippen LogP contribution in [0.5, 0.6) is 0 Å². The molecule has 3 heterocycles. The van der Waals surface area contributed by atoms with Crippen molar-refractivity contribution in [3.05, 3.63) is 75.4 Å². The van der Waals surface area contributed by atoms with Crippen LogP contribution in [-0.2, 0) is 13.5 Å². The third kappa shape index (κ3) is 3.31. The number of aryl methyl sites for hydroxylation is 2. The van der Waals surface area contributed by atoms with Crippen LogP contribution in [0.3, 0.4) is 0 Å². The maximum Gasteiger partial charge on any atom is 0.203 e. The minimum atomic E-state index is -0.0812. The van der Waals surface area contributed by atoms with Crippen molar-refractivity contribution >= 4 is 11.3 Å². The molecule has 3 aromatic heterocycles. The maximum atomic E-state index is 12.3. The molecule has 0 amide bonds. The Labute approximate surface area is 153 Å². The van der Waals surface area contributed by atoms with E-state index in [1.807, 2.05) is 44.4 Å². The Morgan fingerprint density at radius 2 is 2.08 bits per heavy atom. The fourth-order valence-corrected chi connectivity index (χ4v) is 3.35. The molecular formula is C18H16N6OS. The first-order valence-electron chi connectivity index (χ1n) is 8.06. The van der Waals surface area contributed by atoms with Gasteiger partial charge in [-0.1, -0.05) is 29.5 Å². The summed E-state index contributed by atoms with van der Waals surface area (Å²) in [7, 11) is 1.84. The lowest BCUT2D eigenvalue weighted by molar-refractivity contribution is 0.762. The van der Waals surface area contributed by atoms with Gasteiger partial charge in [-0.05, 0) is 18.6 Å². The Hall–Kier alpha value is -3.13. The average molecular weight is 364 g/mol. The molecule has 0 spiro atoms. The highest BCUT2D eigenvalue weighted by molar-refractivity contribution is 7.14. The smallest absolute Gasteiger partial charge is 0.203 e. The predicted molar refractivity (Wildman–Crippen MR) is 99.5 cm³/mol. The van der Waals surface area contributed by atoms with E-state index in [-0.39, 0.29) is 5.43 Å². The number of nitrogens with zero attached hydrogens (tertiary/aromatic N) is 6. The Bertz CT molecular complexity index is 1130. The van der Waals surface area contributed by atoms with Crippen LogP contribution in [0, 0.1) is 6.92 Å². The van der Waals surface area contributed by atoms with Crippen molar-refractivity contribution in [1.29, 1.82) is 0 Å². The molecule has 0 saturated carbocycles. The van der Waals surface area contributed by atoms with Gasteiger partial charge in [0.05, 0.1) is 12.4 Å². The van der Waals surface area contributed by atoms with Crippen molar-refractivity contribution in [2.75, 3.05) is 0 Å². The first-order valence-corrected chi connectivity index (χ1v) is 8.87. The molecular weight excluding hydrogens is 348 g/mol. The van der Waals surface area contributed by atoms with E-state index in [0.29, 0.717) is 12.1 Å². The van der Waals surface area contributed by atoms with Crippen molar-refractivity contribution in [1.82, 2.24) is 29.8 Å². The van der Waals surface area contributed by atoms with Crippen molar-refractivity contribution in [2.24, 2.45) is 7.05 Å². The predicted octanol–water partition coefficient (Wildman–Crippen LogP) is 2.38. The molecule has 4 rings (SSSR count). The number of hydrogen-bond acceptors (Lipinski definition) is 6. The van der Waals surface area contributed by atoms with Gasteiger partial charge in [0.25, 0.3) is 0 Å². The summed E-state index contributed by atoms with van der Waals surface area (Å²) in [5, 5.41) is 18.7. The maximum absolute atomic E-state index is 12.3. The lowest BCUT2D eigenvalue weighted by Crippen LogP contribution is -2.16. The highest BCUT2D eigenvalue weighted by Crippen LogP contribution is 2.24. The molecule has 1 aromatic carbocycles. The summed E-state index contributed by atoms with van der Waals surface area (Å²) in [5.74, 6) is 0. The molecule has 0 saturated heterocycles. The normalized spacial score (nSPS) is 11.0. The van der Waals surface area contributed by atoms with E-state index in [1.54, 1.807) is 33.1 Å². The lowest BCUT2D eigenvalue weighted by Gasteiger charge is -2.06.